The van der Waals surface area contributed by atoms with Crippen LogP contribution in [0.2, 0.25) is 5.02 Å². The highest BCUT2D eigenvalue weighted by Gasteiger charge is 2.15. The summed E-state index contributed by atoms with van der Waals surface area (Å²) in [5.74, 6) is -2.78. The Morgan fingerprint density at radius 1 is 1.52 bits per heavy atom. The van der Waals surface area contributed by atoms with Crippen molar-refractivity contribution in [2.45, 2.75) is 6.92 Å². The van der Waals surface area contributed by atoms with Crippen LogP contribution in [0, 0.1) is 17.1 Å². The zero-order valence-electron chi connectivity index (χ0n) is 28.9. The Balaban J connectivity index is 2.17. The Labute approximate surface area is 213 Å². The molecule has 0 radical (unpaired) electrons. The fourth-order valence-electron chi connectivity index (χ4n) is 2.68. The maximum atomic E-state index is 14.2. The minimum atomic E-state index is -3.08. The minimum absolute atomic E-state index is 0.0191. The normalized spacial score (nSPS) is 17.8. The van der Waals surface area contributed by atoms with Gasteiger partial charge in [-0.3, -0.25) is 9.78 Å². The Morgan fingerprint density at radius 3 is 3.06 bits per heavy atom. The number of pyridine rings is 1. The number of hydrogen-bond donors (Lipinski definition) is 2. The van der Waals surface area contributed by atoms with E-state index in [4.69, 9.17) is 32.8 Å². The maximum absolute atomic E-state index is 14.2. The lowest BCUT2D eigenvalue weighted by atomic mass is 10.1. The van der Waals surface area contributed by atoms with Crippen molar-refractivity contribution >= 4 is 45.5 Å². The molecule has 170 valence electrons. The zero-order chi connectivity index (χ0) is 34.2. The average molecular weight is 480 g/mol. The van der Waals surface area contributed by atoms with E-state index in [9.17, 15) is 14.4 Å². The van der Waals surface area contributed by atoms with Crippen molar-refractivity contribution in [3.8, 4) is 11.8 Å². The number of carbonyl (C=O) groups is 1. The minimum Gasteiger partial charge on any atom is -0.492 e. The van der Waals surface area contributed by atoms with Gasteiger partial charge in [-0.05, 0) is 45.1 Å². The fourth-order valence-corrected chi connectivity index (χ4v) is 2.82. The SMILES string of the molecule is [2H]/C(=C\CN(C([2H])([2H])[2H])C([2H])([2H])[2H])C(=O)Nc1cc2c(Nc3c([2H])c([2H])c(F)c(Cl)c3[2H])c(C#N)cnc2cc1OC([2H])([2H])C. The molecule has 0 aliphatic carbocycles. The van der Waals surface area contributed by atoms with Crippen molar-refractivity contribution in [2.75, 3.05) is 37.7 Å². The summed E-state index contributed by atoms with van der Waals surface area (Å²) in [5.41, 5.74) is -0.967. The number of anilines is 3. The van der Waals surface area contributed by atoms with E-state index >= 15 is 0 Å². The molecule has 0 unspecified atom stereocenters. The number of nitrogens with one attached hydrogen (secondary N) is 2. The molecule has 0 bridgehead atoms. The van der Waals surface area contributed by atoms with E-state index in [-0.39, 0.29) is 38.5 Å². The molecule has 0 fully saturated rings. The first-order valence-electron chi connectivity index (χ1n) is 15.1. The first-order chi connectivity index (χ1) is 20.6. The standard InChI is InChI=1S/C24H23ClFN5O2/c1-4-33-22-12-20-17(11-21(22)30-23(32)6-5-9-31(2)3)24(15(13-27)14-28-20)29-16-7-8-19(26)18(25)10-16/h5-8,10-12,14H,4,9H2,1-3H3,(H,28,29)(H,30,32)/b6-5+/i2D3,3D3,4D2,6D,7D,8D,10D. The van der Waals surface area contributed by atoms with Crippen molar-refractivity contribution in [1.82, 2.24) is 9.88 Å². The molecule has 7 nitrogen and oxygen atoms in total. The van der Waals surface area contributed by atoms with Crippen molar-refractivity contribution < 1.29 is 30.4 Å². The highest BCUT2D eigenvalue weighted by atomic mass is 35.5. The lowest BCUT2D eigenvalue weighted by Crippen LogP contribution is -2.13. The molecule has 3 aromatic rings. The number of amides is 1. The predicted octanol–water partition coefficient (Wildman–Crippen LogP) is 5.10. The van der Waals surface area contributed by atoms with Gasteiger partial charge >= 0.3 is 0 Å². The van der Waals surface area contributed by atoms with E-state index in [0.717, 1.165) is 25.3 Å². The quantitative estimate of drug-likeness (QED) is 0.437. The number of hydrogen-bond acceptors (Lipinski definition) is 6. The van der Waals surface area contributed by atoms with Crippen LogP contribution in [-0.2, 0) is 4.79 Å². The van der Waals surface area contributed by atoms with Crippen LogP contribution in [0.1, 0.15) is 28.9 Å². The molecule has 3 rings (SSSR count). The third-order valence-corrected chi connectivity index (χ3v) is 4.29. The highest BCUT2D eigenvalue weighted by Crippen LogP contribution is 2.36. The summed E-state index contributed by atoms with van der Waals surface area (Å²) in [6, 6.07) is 0.965. The van der Waals surface area contributed by atoms with Crippen LogP contribution >= 0.6 is 11.6 Å². The van der Waals surface area contributed by atoms with E-state index < -0.39 is 73.7 Å². The van der Waals surface area contributed by atoms with Crippen molar-refractivity contribution in [1.29, 1.82) is 5.26 Å². The fraction of sp³-hybridized carbons (Fsp3) is 0.208. The molecule has 0 saturated carbocycles. The number of fused-ring (bicyclic) bond motifs is 1. The van der Waals surface area contributed by atoms with Crippen LogP contribution in [0.5, 0.6) is 5.75 Å². The molecule has 0 aliphatic rings. The van der Waals surface area contributed by atoms with Gasteiger partial charge in [-0.25, -0.2) is 4.39 Å². The van der Waals surface area contributed by atoms with Gasteiger partial charge in [0.05, 0.1) is 42.3 Å². The number of nitrogens with zero attached hydrogens (tertiary/aromatic N) is 3. The third-order valence-electron chi connectivity index (χ3n) is 4.03. The van der Waals surface area contributed by atoms with Gasteiger partial charge in [-0.15, -0.1) is 0 Å². The van der Waals surface area contributed by atoms with Gasteiger partial charge in [0.1, 0.15) is 17.6 Å². The topological polar surface area (TPSA) is 90.3 Å². The second-order valence-corrected chi connectivity index (χ2v) is 6.62. The molecule has 2 N–H and O–H groups in total. The first kappa shape index (κ1) is 12.5. The highest BCUT2D eigenvalue weighted by molar-refractivity contribution is 6.31. The lowest BCUT2D eigenvalue weighted by Gasteiger charge is -2.16. The summed E-state index contributed by atoms with van der Waals surface area (Å²) in [6.07, 6.45) is 1.85. The maximum Gasteiger partial charge on any atom is 0.248 e. The van der Waals surface area contributed by atoms with Gasteiger partial charge in [-0.2, -0.15) is 5.26 Å². The largest absolute Gasteiger partial charge is 0.492 e. The number of likely N-dealkylation sites (N-methyl/N-ethyl adjacent to an activating group) is 1. The number of benzene rings is 2. The molecule has 9 heteroatoms. The number of aromatic nitrogens is 1. The van der Waals surface area contributed by atoms with E-state index in [0.29, 0.717) is 0 Å². The predicted molar refractivity (Wildman–Crippen MR) is 129 cm³/mol. The van der Waals surface area contributed by atoms with Crippen molar-refractivity contribution in [2.24, 2.45) is 0 Å². The van der Waals surface area contributed by atoms with Crippen LogP contribution in [0.4, 0.5) is 21.5 Å². The number of halogens is 2. The van der Waals surface area contributed by atoms with E-state index in [2.05, 4.69) is 15.6 Å². The summed E-state index contributed by atoms with van der Waals surface area (Å²) in [6.45, 7) is -8.24. The second kappa shape index (κ2) is 10.8. The second-order valence-electron chi connectivity index (χ2n) is 6.25. The molecule has 33 heavy (non-hydrogen) atoms. The van der Waals surface area contributed by atoms with Gasteiger partial charge in [0.2, 0.25) is 5.91 Å². The molecule has 2 aromatic carbocycles. The molecule has 0 saturated heterocycles. The van der Waals surface area contributed by atoms with E-state index in [1.165, 1.54) is 6.07 Å². The summed E-state index contributed by atoms with van der Waals surface area (Å²) in [5, 5.41) is 14.0. The van der Waals surface area contributed by atoms with Gasteiger partial charge in [-0.1, -0.05) is 17.7 Å². The van der Waals surface area contributed by atoms with Crippen molar-refractivity contribution in [3.05, 3.63) is 65.0 Å². The average Bonchev–Trinajstić information content (AvgIpc) is 2.91. The Hall–Kier alpha value is -3.67. The van der Waals surface area contributed by atoms with Crippen LogP contribution in [0.3, 0.4) is 0 Å². The van der Waals surface area contributed by atoms with Crippen molar-refractivity contribution in [3.63, 3.8) is 0 Å². The van der Waals surface area contributed by atoms with Crippen LogP contribution < -0.4 is 15.4 Å². The summed E-state index contributed by atoms with van der Waals surface area (Å²) < 4.78 is 112. The number of rotatable bonds is 8. The number of carbonyl (C=O) groups excluding carboxylic acids is 1. The van der Waals surface area contributed by atoms with Crippen LogP contribution in [0.25, 0.3) is 10.9 Å². The van der Waals surface area contributed by atoms with E-state index in [1.807, 2.05) is 6.07 Å². The number of nitriles is 1. The molecule has 0 spiro atoms. The number of ether oxygens (including phenoxy) is 1. The van der Waals surface area contributed by atoms with Crippen LogP contribution in [0.15, 0.2) is 48.6 Å². The Bertz CT molecular complexity index is 1690. The molecule has 1 heterocycles. The van der Waals surface area contributed by atoms with E-state index in [1.54, 1.807) is 0 Å². The zero-order valence-corrected chi connectivity index (χ0v) is 17.7. The molecule has 0 atom stereocenters. The smallest absolute Gasteiger partial charge is 0.248 e. The first-order valence-corrected chi connectivity index (χ1v) is 9.48. The summed E-state index contributed by atoms with van der Waals surface area (Å²) >= 11 is 5.84. The third kappa shape index (κ3) is 5.98. The summed E-state index contributed by atoms with van der Waals surface area (Å²) in [7, 11) is 0. The molecular weight excluding hydrogens is 445 g/mol. The van der Waals surface area contributed by atoms with Gasteiger partial charge < -0.3 is 20.3 Å². The van der Waals surface area contributed by atoms with Gasteiger partial charge in [0.15, 0.2) is 0 Å². The molecule has 0 aliphatic heterocycles. The van der Waals surface area contributed by atoms with Gasteiger partial charge in [0, 0.05) is 44.2 Å². The monoisotopic (exact) mass is 479 g/mol. The van der Waals surface area contributed by atoms with Gasteiger partial charge in [0.25, 0.3) is 0 Å². The molecular formula is C24H23ClFN5O2. The summed E-state index contributed by atoms with van der Waals surface area (Å²) in [4.78, 5) is 17.2. The molecule has 1 aromatic heterocycles. The lowest BCUT2D eigenvalue weighted by molar-refractivity contribution is -0.111. The van der Waals surface area contributed by atoms with Crippen LogP contribution in [-0.4, -0.2) is 42.8 Å². The Morgan fingerprint density at radius 2 is 2.33 bits per heavy atom. The molecule has 1 amide bonds. The Kier molecular flexibility index (Phi) is 4.09.